The number of hydrogen-bond donors (Lipinski definition) is 0. The molecule has 1 saturated heterocycles. The second kappa shape index (κ2) is 8.83. The quantitative estimate of drug-likeness (QED) is 0.742. The number of methoxy groups -OCH3 is 2. The van der Waals surface area contributed by atoms with Gasteiger partial charge in [-0.3, -0.25) is 4.79 Å². The van der Waals surface area contributed by atoms with Crippen molar-refractivity contribution in [2.45, 2.75) is 13.8 Å². The summed E-state index contributed by atoms with van der Waals surface area (Å²) in [6, 6.07) is 11.9. The second-order valence-electron chi connectivity index (χ2n) is 6.97. The van der Waals surface area contributed by atoms with Crippen LogP contribution in [0.5, 0.6) is 11.5 Å². The first-order valence-electron chi connectivity index (χ1n) is 9.53. The van der Waals surface area contributed by atoms with E-state index in [4.69, 9.17) is 9.47 Å². The van der Waals surface area contributed by atoms with E-state index >= 15 is 0 Å². The number of nitrogens with zero attached hydrogens (tertiary/aromatic N) is 2. The van der Waals surface area contributed by atoms with Gasteiger partial charge in [0, 0.05) is 43.5 Å². The minimum atomic E-state index is 0.0190. The van der Waals surface area contributed by atoms with Crippen LogP contribution in [0.1, 0.15) is 16.7 Å². The zero-order valence-electron chi connectivity index (χ0n) is 17.1. The smallest absolute Gasteiger partial charge is 0.246 e. The van der Waals surface area contributed by atoms with Crippen molar-refractivity contribution < 1.29 is 14.3 Å². The van der Waals surface area contributed by atoms with Crippen LogP contribution >= 0.6 is 0 Å². The molecule has 1 heterocycles. The first-order valence-corrected chi connectivity index (χ1v) is 9.53. The van der Waals surface area contributed by atoms with Gasteiger partial charge in [0.15, 0.2) is 0 Å². The molecule has 1 fully saturated rings. The molecule has 2 aromatic rings. The van der Waals surface area contributed by atoms with Gasteiger partial charge in [-0.25, -0.2) is 0 Å². The molecule has 0 bridgehead atoms. The van der Waals surface area contributed by atoms with E-state index in [9.17, 15) is 4.79 Å². The molecule has 2 aromatic carbocycles. The molecule has 3 rings (SSSR count). The normalized spacial score (nSPS) is 14.4. The average Bonchev–Trinajstić information content (AvgIpc) is 2.73. The molecule has 0 aliphatic carbocycles. The third-order valence-corrected chi connectivity index (χ3v) is 5.35. The highest BCUT2D eigenvalue weighted by molar-refractivity contribution is 5.92. The molecule has 0 spiro atoms. The number of amides is 1. The molecular weight excluding hydrogens is 352 g/mol. The fourth-order valence-electron chi connectivity index (χ4n) is 3.48. The number of rotatable bonds is 5. The standard InChI is InChI=1S/C23H28N2O3/c1-17-6-5-7-21(18(17)2)24-12-14-25(15-13-24)23(26)11-8-19-16-20(27-3)9-10-22(19)28-4/h5-11,16H,12-15H2,1-4H3/b11-8-. The number of hydrogen-bond acceptors (Lipinski definition) is 4. The van der Waals surface area contributed by atoms with Gasteiger partial charge in [0.2, 0.25) is 5.91 Å². The lowest BCUT2D eigenvalue weighted by molar-refractivity contribution is -0.126. The highest BCUT2D eigenvalue weighted by Gasteiger charge is 2.21. The van der Waals surface area contributed by atoms with Gasteiger partial charge in [0.05, 0.1) is 14.2 Å². The largest absolute Gasteiger partial charge is 0.497 e. The van der Waals surface area contributed by atoms with Crippen molar-refractivity contribution in [1.82, 2.24) is 4.90 Å². The summed E-state index contributed by atoms with van der Waals surface area (Å²) in [4.78, 5) is 16.9. The SMILES string of the molecule is COc1ccc(OC)c(/C=C\C(=O)N2CCN(c3cccc(C)c3C)CC2)c1. The number of piperazine rings is 1. The van der Waals surface area contributed by atoms with E-state index in [1.165, 1.54) is 16.8 Å². The Kier molecular flexibility index (Phi) is 6.24. The number of ether oxygens (including phenoxy) is 2. The summed E-state index contributed by atoms with van der Waals surface area (Å²) < 4.78 is 10.6. The Morgan fingerprint density at radius 2 is 1.75 bits per heavy atom. The number of carbonyl (C=O) groups excluding carboxylic acids is 1. The minimum Gasteiger partial charge on any atom is -0.497 e. The maximum Gasteiger partial charge on any atom is 0.246 e. The lowest BCUT2D eigenvalue weighted by Crippen LogP contribution is -2.48. The van der Waals surface area contributed by atoms with Crippen LogP contribution < -0.4 is 14.4 Å². The van der Waals surface area contributed by atoms with E-state index in [1.807, 2.05) is 23.1 Å². The summed E-state index contributed by atoms with van der Waals surface area (Å²) in [7, 11) is 3.24. The summed E-state index contributed by atoms with van der Waals surface area (Å²) in [6.45, 7) is 7.40. The maximum absolute atomic E-state index is 12.6. The fraction of sp³-hybridized carbons (Fsp3) is 0.348. The van der Waals surface area contributed by atoms with E-state index in [2.05, 4.69) is 36.9 Å². The van der Waals surface area contributed by atoms with E-state index < -0.39 is 0 Å². The molecule has 0 N–H and O–H groups in total. The first-order chi connectivity index (χ1) is 13.5. The first kappa shape index (κ1) is 19.8. The Morgan fingerprint density at radius 1 is 1.00 bits per heavy atom. The van der Waals surface area contributed by atoms with Gasteiger partial charge in [-0.05, 0) is 55.3 Å². The Labute approximate surface area is 167 Å². The number of carbonyl (C=O) groups is 1. The predicted octanol–water partition coefficient (Wildman–Crippen LogP) is 3.68. The molecule has 1 aliphatic heterocycles. The van der Waals surface area contributed by atoms with E-state index in [1.54, 1.807) is 26.4 Å². The number of aryl methyl sites for hydroxylation is 1. The van der Waals surface area contributed by atoms with Gasteiger partial charge in [-0.1, -0.05) is 12.1 Å². The molecule has 0 unspecified atom stereocenters. The zero-order chi connectivity index (χ0) is 20.1. The van der Waals surface area contributed by atoms with Gasteiger partial charge < -0.3 is 19.3 Å². The summed E-state index contributed by atoms with van der Waals surface area (Å²) in [5.41, 5.74) is 4.70. The summed E-state index contributed by atoms with van der Waals surface area (Å²) in [5.74, 6) is 1.46. The Bertz CT molecular complexity index is 868. The minimum absolute atomic E-state index is 0.0190. The number of benzene rings is 2. The van der Waals surface area contributed by atoms with Crippen molar-refractivity contribution in [3.05, 3.63) is 59.2 Å². The van der Waals surface area contributed by atoms with Gasteiger partial charge in [-0.15, -0.1) is 0 Å². The van der Waals surface area contributed by atoms with E-state index in [0.717, 1.165) is 24.4 Å². The van der Waals surface area contributed by atoms with Crippen molar-refractivity contribution >= 4 is 17.7 Å². The molecule has 0 aromatic heterocycles. The highest BCUT2D eigenvalue weighted by Crippen LogP contribution is 2.26. The molecule has 5 heteroatoms. The molecular formula is C23H28N2O3. The lowest BCUT2D eigenvalue weighted by Gasteiger charge is -2.36. The van der Waals surface area contributed by atoms with Crippen LogP contribution in [-0.4, -0.2) is 51.2 Å². The average molecular weight is 380 g/mol. The van der Waals surface area contributed by atoms with Crippen molar-refractivity contribution in [2.24, 2.45) is 0 Å². The Morgan fingerprint density at radius 3 is 2.43 bits per heavy atom. The lowest BCUT2D eigenvalue weighted by atomic mass is 10.1. The summed E-state index contributed by atoms with van der Waals surface area (Å²) in [6.07, 6.45) is 3.41. The number of anilines is 1. The fourth-order valence-corrected chi connectivity index (χ4v) is 3.48. The monoisotopic (exact) mass is 380 g/mol. The van der Waals surface area contributed by atoms with Crippen LogP contribution in [0.4, 0.5) is 5.69 Å². The van der Waals surface area contributed by atoms with Crippen molar-refractivity contribution in [3.63, 3.8) is 0 Å². The molecule has 148 valence electrons. The van der Waals surface area contributed by atoms with Crippen molar-refractivity contribution in [1.29, 1.82) is 0 Å². The summed E-state index contributed by atoms with van der Waals surface area (Å²) >= 11 is 0. The van der Waals surface area contributed by atoms with Crippen LogP contribution in [-0.2, 0) is 4.79 Å². The van der Waals surface area contributed by atoms with Crippen LogP contribution in [0, 0.1) is 13.8 Å². The van der Waals surface area contributed by atoms with Crippen LogP contribution in [0.15, 0.2) is 42.5 Å². The van der Waals surface area contributed by atoms with Crippen LogP contribution in [0.2, 0.25) is 0 Å². The van der Waals surface area contributed by atoms with Crippen molar-refractivity contribution in [3.8, 4) is 11.5 Å². The second-order valence-corrected chi connectivity index (χ2v) is 6.97. The third kappa shape index (κ3) is 4.30. The third-order valence-electron chi connectivity index (χ3n) is 5.35. The van der Waals surface area contributed by atoms with E-state index in [-0.39, 0.29) is 5.91 Å². The molecule has 5 nitrogen and oxygen atoms in total. The van der Waals surface area contributed by atoms with E-state index in [0.29, 0.717) is 18.8 Å². The molecule has 28 heavy (non-hydrogen) atoms. The van der Waals surface area contributed by atoms with Crippen LogP contribution in [0.25, 0.3) is 6.08 Å². The van der Waals surface area contributed by atoms with Gasteiger partial charge in [-0.2, -0.15) is 0 Å². The molecule has 1 aliphatic rings. The molecule has 0 atom stereocenters. The molecule has 0 radical (unpaired) electrons. The summed E-state index contributed by atoms with van der Waals surface area (Å²) in [5, 5.41) is 0. The van der Waals surface area contributed by atoms with Gasteiger partial charge in [0.25, 0.3) is 0 Å². The molecule has 1 amide bonds. The van der Waals surface area contributed by atoms with Crippen molar-refractivity contribution in [2.75, 3.05) is 45.3 Å². The van der Waals surface area contributed by atoms with Gasteiger partial charge >= 0.3 is 0 Å². The highest BCUT2D eigenvalue weighted by atomic mass is 16.5. The Hall–Kier alpha value is -2.95. The zero-order valence-corrected chi connectivity index (χ0v) is 17.1. The van der Waals surface area contributed by atoms with Gasteiger partial charge in [0.1, 0.15) is 11.5 Å². The van der Waals surface area contributed by atoms with Crippen LogP contribution in [0.3, 0.4) is 0 Å². The Balaban J connectivity index is 1.64. The molecule has 0 saturated carbocycles. The topological polar surface area (TPSA) is 42.0 Å². The maximum atomic E-state index is 12.6. The predicted molar refractivity (Wildman–Crippen MR) is 113 cm³/mol.